The summed E-state index contributed by atoms with van der Waals surface area (Å²) in [4.78, 5) is 32.7. The van der Waals surface area contributed by atoms with Crippen LogP contribution in [0.2, 0.25) is 0 Å². The summed E-state index contributed by atoms with van der Waals surface area (Å²) in [5.74, 6) is -0.588. The van der Waals surface area contributed by atoms with Gasteiger partial charge < -0.3 is 10.1 Å². The Bertz CT molecular complexity index is 897. The molecule has 0 aliphatic carbocycles. The summed E-state index contributed by atoms with van der Waals surface area (Å²) in [5, 5.41) is 2.78. The van der Waals surface area contributed by atoms with Crippen molar-refractivity contribution in [1.82, 2.24) is 15.3 Å². The molecule has 0 saturated heterocycles. The van der Waals surface area contributed by atoms with Gasteiger partial charge in [0.15, 0.2) is 6.61 Å². The van der Waals surface area contributed by atoms with Gasteiger partial charge in [0.05, 0.1) is 12.2 Å². The van der Waals surface area contributed by atoms with Gasteiger partial charge in [-0.15, -0.1) is 0 Å². The maximum absolute atomic E-state index is 12.4. The second kappa shape index (κ2) is 9.69. The Kier molecular flexibility index (Phi) is 7.53. The van der Waals surface area contributed by atoms with Crippen LogP contribution in [0.25, 0.3) is 0 Å². The predicted molar refractivity (Wildman–Crippen MR) is 104 cm³/mol. The molecule has 0 aromatic carbocycles. The number of nitrogens with zero attached hydrogens (tertiary/aromatic N) is 2. The Morgan fingerprint density at radius 3 is 2.43 bits per heavy atom. The van der Waals surface area contributed by atoms with Gasteiger partial charge >= 0.3 is 6.18 Å². The number of amides is 1. The van der Waals surface area contributed by atoms with E-state index in [2.05, 4.69) is 20.0 Å². The first-order valence-electron chi connectivity index (χ1n) is 9.41. The molecule has 0 aliphatic rings. The van der Waals surface area contributed by atoms with E-state index in [9.17, 15) is 22.8 Å². The molecule has 2 heterocycles. The lowest BCUT2D eigenvalue weighted by molar-refractivity contribution is -0.153. The number of Topliss-reactive ketones (excluding diaryl/α,β-unsaturated/α-hetero) is 1. The number of rotatable bonds is 8. The number of carbonyl (C=O) groups excluding carboxylic acids is 2. The largest absolute Gasteiger partial charge is 0.483 e. The lowest BCUT2D eigenvalue weighted by Crippen LogP contribution is -2.27. The van der Waals surface area contributed by atoms with Gasteiger partial charge in [0.2, 0.25) is 0 Å². The lowest BCUT2D eigenvalue weighted by Gasteiger charge is -2.16. The zero-order valence-electron chi connectivity index (χ0n) is 17.2. The minimum Gasteiger partial charge on any atom is -0.483 e. The number of ketones is 1. The van der Waals surface area contributed by atoms with Crippen molar-refractivity contribution < 1.29 is 27.5 Å². The van der Waals surface area contributed by atoms with Crippen molar-refractivity contribution in [3.8, 4) is 5.75 Å². The predicted octanol–water partition coefficient (Wildman–Crippen LogP) is 3.98. The molecule has 30 heavy (non-hydrogen) atoms. The number of pyridine rings is 2. The average molecular weight is 423 g/mol. The number of carbonyl (C=O) groups is 2. The fraction of sp³-hybridized carbons (Fsp3) is 0.429. The van der Waals surface area contributed by atoms with Crippen molar-refractivity contribution in [2.75, 3.05) is 6.61 Å². The molecule has 0 bridgehead atoms. The van der Waals surface area contributed by atoms with E-state index in [1.807, 2.05) is 26.8 Å². The fourth-order valence-corrected chi connectivity index (χ4v) is 2.61. The van der Waals surface area contributed by atoms with E-state index in [0.717, 1.165) is 17.5 Å². The van der Waals surface area contributed by atoms with Gasteiger partial charge in [-0.05, 0) is 43.7 Å². The molecule has 2 aromatic rings. The first-order valence-corrected chi connectivity index (χ1v) is 9.41. The average Bonchev–Trinajstić information content (AvgIpc) is 2.65. The van der Waals surface area contributed by atoms with Crippen molar-refractivity contribution in [1.29, 1.82) is 0 Å². The van der Waals surface area contributed by atoms with Crippen molar-refractivity contribution >= 4 is 11.7 Å². The van der Waals surface area contributed by atoms with Gasteiger partial charge in [-0.2, -0.15) is 13.2 Å². The van der Waals surface area contributed by atoms with Crippen molar-refractivity contribution in [3.63, 3.8) is 0 Å². The van der Waals surface area contributed by atoms with Crippen LogP contribution < -0.4 is 10.1 Å². The smallest absolute Gasteiger partial charge is 0.422 e. The maximum Gasteiger partial charge on any atom is 0.422 e. The van der Waals surface area contributed by atoms with Crippen molar-refractivity contribution in [2.45, 2.75) is 46.3 Å². The van der Waals surface area contributed by atoms with Gasteiger partial charge in [0.1, 0.15) is 17.2 Å². The number of aromatic nitrogens is 2. The first kappa shape index (κ1) is 23.3. The summed E-state index contributed by atoms with van der Waals surface area (Å²) in [6, 6.07) is 5.74. The van der Waals surface area contributed by atoms with E-state index < -0.39 is 24.7 Å². The van der Waals surface area contributed by atoms with Gasteiger partial charge in [-0.1, -0.05) is 13.8 Å². The number of hydrogen-bond donors (Lipinski definition) is 1. The molecule has 1 N–H and O–H groups in total. The number of ether oxygens (including phenoxy) is 1. The molecule has 0 fully saturated rings. The van der Waals surface area contributed by atoms with Crippen LogP contribution in [0, 0.1) is 12.8 Å². The Morgan fingerprint density at radius 1 is 1.17 bits per heavy atom. The minimum absolute atomic E-state index is 0.0437. The molecule has 9 heteroatoms. The van der Waals surface area contributed by atoms with E-state index in [-0.39, 0.29) is 29.6 Å². The molecule has 2 aromatic heterocycles. The molecule has 1 unspecified atom stereocenters. The minimum atomic E-state index is -4.45. The Morgan fingerprint density at radius 2 is 1.87 bits per heavy atom. The fourth-order valence-electron chi connectivity index (χ4n) is 2.61. The Hall–Kier alpha value is -2.97. The number of hydrogen-bond acceptors (Lipinski definition) is 5. The van der Waals surface area contributed by atoms with Gasteiger partial charge in [0.25, 0.3) is 5.91 Å². The highest BCUT2D eigenvalue weighted by Gasteiger charge is 2.28. The van der Waals surface area contributed by atoms with Crippen molar-refractivity contribution in [3.05, 3.63) is 53.1 Å². The molecular formula is C21H24F3N3O3. The number of alkyl halides is 3. The van der Waals surface area contributed by atoms with Gasteiger partial charge in [-0.3, -0.25) is 14.6 Å². The van der Waals surface area contributed by atoms with Crippen LogP contribution in [0.1, 0.15) is 54.3 Å². The van der Waals surface area contributed by atoms with Crippen LogP contribution in [0.4, 0.5) is 13.2 Å². The molecule has 0 aliphatic heterocycles. The topological polar surface area (TPSA) is 81.2 Å². The molecule has 1 atom stereocenters. The summed E-state index contributed by atoms with van der Waals surface area (Å²) in [6.45, 7) is 5.81. The molecule has 0 radical (unpaired) electrons. The maximum atomic E-state index is 12.4. The number of halogens is 3. The Balaban J connectivity index is 2.04. The van der Waals surface area contributed by atoms with E-state index >= 15 is 0 Å². The summed E-state index contributed by atoms with van der Waals surface area (Å²) in [6.07, 6.45) is -3.17. The quantitative estimate of drug-likeness (QED) is 0.695. The van der Waals surface area contributed by atoms with E-state index in [1.54, 1.807) is 13.0 Å². The molecule has 6 nitrogen and oxygen atoms in total. The van der Waals surface area contributed by atoms with Crippen molar-refractivity contribution in [2.24, 2.45) is 5.92 Å². The van der Waals surface area contributed by atoms with E-state index in [4.69, 9.17) is 0 Å². The normalized spacial score (nSPS) is 12.5. The molecule has 2 rings (SSSR count). The third-order valence-corrected chi connectivity index (χ3v) is 4.25. The number of aryl methyl sites for hydroxylation is 1. The zero-order chi connectivity index (χ0) is 22.5. The third kappa shape index (κ3) is 7.13. The van der Waals surface area contributed by atoms with Crippen LogP contribution in [-0.4, -0.2) is 34.4 Å². The third-order valence-electron chi connectivity index (χ3n) is 4.25. The molecule has 0 spiro atoms. The van der Waals surface area contributed by atoms with Crippen LogP contribution in [0.5, 0.6) is 5.75 Å². The highest BCUT2D eigenvalue weighted by Crippen LogP contribution is 2.19. The number of nitrogens with one attached hydrogen (secondary N) is 1. The highest BCUT2D eigenvalue weighted by molar-refractivity contribution is 5.92. The highest BCUT2D eigenvalue weighted by atomic mass is 19.4. The van der Waals surface area contributed by atoms with Crippen LogP contribution >= 0.6 is 0 Å². The second-order valence-electron chi connectivity index (χ2n) is 7.31. The zero-order valence-corrected chi connectivity index (χ0v) is 17.2. The van der Waals surface area contributed by atoms with Gasteiger partial charge in [-0.25, -0.2) is 4.98 Å². The van der Waals surface area contributed by atoms with Gasteiger partial charge in [0, 0.05) is 23.7 Å². The summed E-state index contributed by atoms with van der Waals surface area (Å²) in [7, 11) is 0. The molecule has 1 amide bonds. The summed E-state index contributed by atoms with van der Waals surface area (Å²) < 4.78 is 41.1. The summed E-state index contributed by atoms with van der Waals surface area (Å²) in [5.41, 5.74) is 2.19. The SMILES string of the molecule is Cc1cc(C(C)NC(=O)c2ccc(OCC(F)(F)F)cn2)cc(CC(=O)C(C)C)n1. The first-order chi connectivity index (χ1) is 13.9. The lowest BCUT2D eigenvalue weighted by atomic mass is 10.0. The van der Waals surface area contributed by atoms with Crippen LogP contribution in [0.15, 0.2) is 30.5 Å². The molecular weight excluding hydrogens is 399 g/mol. The second-order valence-corrected chi connectivity index (χ2v) is 7.31. The molecule has 0 saturated carbocycles. The standard InChI is InChI=1S/C21H24F3N3O3/c1-12(2)19(28)9-16-8-15(7-13(3)26-16)14(4)27-20(29)18-6-5-17(10-25-18)30-11-21(22,23)24/h5-8,10,12,14H,9,11H2,1-4H3,(H,27,29). The van der Waals surface area contributed by atoms with Crippen LogP contribution in [0.3, 0.4) is 0 Å². The van der Waals surface area contributed by atoms with E-state index in [1.165, 1.54) is 12.1 Å². The van der Waals surface area contributed by atoms with E-state index in [0.29, 0.717) is 5.69 Å². The van der Waals surface area contributed by atoms with Crippen LogP contribution in [-0.2, 0) is 11.2 Å². The Labute approximate surface area is 172 Å². The molecule has 162 valence electrons. The summed E-state index contributed by atoms with van der Waals surface area (Å²) >= 11 is 0. The monoisotopic (exact) mass is 423 g/mol.